The normalized spacial score (nSPS) is 12.6. The number of nitrogens with zero attached hydrogens (tertiary/aromatic N) is 1. The van der Waals surface area contributed by atoms with Gasteiger partial charge in [0.2, 0.25) is 0 Å². The lowest BCUT2D eigenvalue weighted by Crippen LogP contribution is -2.34. The van der Waals surface area contributed by atoms with Crippen LogP contribution in [0.15, 0.2) is 18.2 Å². The molecule has 0 saturated heterocycles. The molecule has 8 heteroatoms. The molecule has 0 aliphatic heterocycles. The minimum atomic E-state index is -4.60. The van der Waals surface area contributed by atoms with E-state index in [0.29, 0.717) is 0 Å². The number of alkyl halides is 7. The van der Waals surface area contributed by atoms with Crippen molar-refractivity contribution in [1.29, 1.82) is 0 Å². The quantitative estimate of drug-likeness (QED) is 0.538. The minimum absolute atomic E-state index is 0.00990. The Kier molecular flexibility index (Phi) is 5.34. The lowest BCUT2D eigenvalue weighted by Gasteiger charge is -2.25. The zero-order chi connectivity index (χ0) is 15.6. The molecule has 114 valence electrons. The van der Waals surface area contributed by atoms with E-state index in [1.807, 2.05) is 0 Å². The van der Waals surface area contributed by atoms with Crippen LogP contribution in [0.3, 0.4) is 0 Å². The average Bonchev–Trinajstić information content (AvgIpc) is 2.33. The van der Waals surface area contributed by atoms with Crippen LogP contribution in [0.1, 0.15) is 18.1 Å². The Morgan fingerprint density at radius 2 is 1.70 bits per heavy atom. The number of benzene rings is 1. The molecular weight excluding hydrogens is 352 g/mol. The maximum Gasteiger partial charge on any atom is 0.416 e. The van der Waals surface area contributed by atoms with Crippen LogP contribution in [0.25, 0.3) is 0 Å². The van der Waals surface area contributed by atoms with E-state index < -0.39 is 24.5 Å². The van der Waals surface area contributed by atoms with E-state index in [2.05, 4.69) is 15.9 Å². The van der Waals surface area contributed by atoms with E-state index in [0.717, 1.165) is 11.0 Å². The maximum absolute atomic E-state index is 12.9. The van der Waals surface area contributed by atoms with Gasteiger partial charge in [-0.15, -0.1) is 0 Å². The van der Waals surface area contributed by atoms with Crippen molar-refractivity contribution in [2.45, 2.75) is 24.6 Å². The second-order valence-electron chi connectivity index (χ2n) is 4.10. The Morgan fingerprint density at radius 1 is 1.10 bits per heavy atom. The van der Waals surface area contributed by atoms with E-state index in [4.69, 9.17) is 0 Å². The topological polar surface area (TPSA) is 3.24 Å². The molecule has 0 aromatic heterocycles. The molecule has 0 saturated carbocycles. The van der Waals surface area contributed by atoms with Crippen LogP contribution in [0.5, 0.6) is 0 Å². The van der Waals surface area contributed by atoms with E-state index in [9.17, 15) is 26.3 Å². The first-order valence-electron chi connectivity index (χ1n) is 5.66. The summed E-state index contributed by atoms with van der Waals surface area (Å²) in [6.07, 6.45) is -9.07. The third-order valence-corrected chi connectivity index (χ3v) is 3.26. The molecule has 0 amide bonds. The van der Waals surface area contributed by atoms with Gasteiger partial charge in [-0.05, 0) is 24.6 Å². The van der Waals surface area contributed by atoms with Gasteiger partial charge in [0, 0.05) is 17.6 Å². The summed E-state index contributed by atoms with van der Waals surface area (Å²) in [5.41, 5.74) is -1.03. The highest BCUT2D eigenvalue weighted by Gasteiger charge is 2.35. The number of anilines is 1. The molecule has 0 unspecified atom stereocenters. The van der Waals surface area contributed by atoms with E-state index in [1.165, 1.54) is 19.1 Å². The smallest absolute Gasteiger partial charge is 0.363 e. The molecule has 0 spiro atoms. The minimum Gasteiger partial charge on any atom is -0.363 e. The first kappa shape index (κ1) is 17.1. The molecule has 1 aromatic carbocycles. The van der Waals surface area contributed by atoms with Crippen LogP contribution in [0.4, 0.5) is 32.0 Å². The lowest BCUT2D eigenvalue weighted by molar-refractivity contribution is -0.138. The molecule has 1 rings (SSSR count). The maximum atomic E-state index is 12.9. The highest BCUT2D eigenvalue weighted by atomic mass is 79.9. The molecule has 0 bridgehead atoms. The van der Waals surface area contributed by atoms with Crippen LogP contribution in [-0.2, 0) is 11.5 Å². The van der Waals surface area contributed by atoms with E-state index in [-0.39, 0.29) is 23.1 Å². The Hall–Kier alpha value is -0.920. The van der Waals surface area contributed by atoms with Gasteiger partial charge in [0.05, 0.1) is 5.56 Å². The number of halogens is 7. The predicted molar refractivity (Wildman–Crippen MR) is 68.0 cm³/mol. The summed E-state index contributed by atoms with van der Waals surface area (Å²) in [6, 6.07) is 3.21. The van der Waals surface area contributed by atoms with Crippen molar-refractivity contribution < 1.29 is 26.3 Å². The molecule has 20 heavy (non-hydrogen) atoms. The van der Waals surface area contributed by atoms with E-state index in [1.54, 1.807) is 0 Å². The largest absolute Gasteiger partial charge is 0.416 e. The van der Waals surface area contributed by atoms with Crippen molar-refractivity contribution >= 4 is 21.6 Å². The van der Waals surface area contributed by atoms with Crippen LogP contribution in [0.2, 0.25) is 0 Å². The molecule has 1 nitrogen and oxygen atoms in total. The van der Waals surface area contributed by atoms with Crippen molar-refractivity contribution in [2.75, 3.05) is 18.0 Å². The zero-order valence-electron chi connectivity index (χ0n) is 10.4. The van der Waals surface area contributed by atoms with Gasteiger partial charge in [-0.1, -0.05) is 22.0 Å². The van der Waals surface area contributed by atoms with E-state index >= 15 is 0 Å². The van der Waals surface area contributed by atoms with Crippen molar-refractivity contribution in [3.8, 4) is 0 Å². The summed E-state index contributed by atoms with van der Waals surface area (Å²) >= 11 is 2.93. The summed E-state index contributed by atoms with van der Waals surface area (Å²) in [5, 5.41) is -0.0203. The Morgan fingerprint density at radius 3 is 2.10 bits per heavy atom. The molecule has 0 N–H and O–H groups in total. The molecule has 1 aromatic rings. The number of hydrogen-bond donors (Lipinski definition) is 0. The molecule has 0 radical (unpaired) electrons. The number of hydrogen-bond acceptors (Lipinski definition) is 1. The predicted octanol–water partition coefficient (Wildman–Crippen LogP) is 4.99. The van der Waals surface area contributed by atoms with Gasteiger partial charge >= 0.3 is 12.4 Å². The van der Waals surface area contributed by atoms with Crippen LogP contribution in [-0.4, -0.2) is 19.3 Å². The van der Waals surface area contributed by atoms with Crippen LogP contribution >= 0.6 is 15.9 Å². The number of rotatable bonds is 4. The second-order valence-corrected chi connectivity index (χ2v) is 4.66. The molecule has 0 aliphatic carbocycles. The summed E-state index contributed by atoms with van der Waals surface area (Å²) < 4.78 is 75.7. The Bertz CT molecular complexity index is 454. The summed E-state index contributed by atoms with van der Waals surface area (Å²) in [6.45, 7) is 0.135. The summed E-state index contributed by atoms with van der Waals surface area (Å²) in [7, 11) is 0. The third kappa shape index (κ3) is 4.57. The monoisotopic (exact) mass is 363 g/mol. The molecular formula is C12H12BrF6N. The third-order valence-electron chi connectivity index (χ3n) is 2.66. The standard InChI is InChI=1S/C12H12BrF6N/c1-2-20(7-11(14,15)16)9-4-3-8(6-13)10(5-9)12(17,18)19/h3-5H,2,6-7H2,1H3. The highest BCUT2D eigenvalue weighted by molar-refractivity contribution is 9.08. The average molecular weight is 364 g/mol. The van der Waals surface area contributed by atoms with Gasteiger partial charge in [-0.3, -0.25) is 0 Å². The Balaban J connectivity index is 3.19. The van der Waals surface area contributed by atoms with Gasteiger partial charge < -0.3 is 4.90 Å². The van der Waals surface area contributed by atoms with Gasteiger partial charge in [0.15, 0.2) is 0 Å². The zero-order valence-corrected chi connectivity index (χ0v) is 12.0. The van der Waals surface area contributed by atoms with Crippen molar-refractivity contribution in [3.05, 3.63) is 29.3 Å². The van der Waals surface area contributed by atoms with Crippen LogP contribution in [0, 0.1) is 0 Å². The van der Waals surface area contributed by atoms with Crippen LogP contribution < -0.4 is 4.90 Å². The summed E-state index contributed by atoms with van der Waals surface area (Å²) in [4.78, 5) is 0.854. The van der Waals surface area contributed by atoms with Gasteiger partial charge in [0.1, 0.15) is 6.54 Å². The fourth-order valence-corrected chi connectivity index (χ4v) is 2.23. The fourth-order valence-electron chi connectivity index (χ4n) is 1.74. The molecule has 0 fully saturated rings. The summed E-state index contributed by atoms with van der Waals surface area (Å²) in [5.74, 6) is 0. The first-order chi connectivity index (χ1) is 9.08. The lowest BCUT2D eigenvalue weighted by atomic mass is 10.1. The van der Waals surface area contributed by atoms with Gasteiger partial charge in [-0.25, -0.2) is 0 Å². The van der Waals surface area contributed by atoms with Gasteiger partial charge in [-0.2, -0.15) is 26.3 Å². The SMILES string of the molecule is CCN(CC(F)(F)F)c1ccc(CBr)c(C(F)(F)F)c1. The molecule has 0 aliphatic rings. The molecule has 0 atom stereocenters. The fraction of sp³-hybridized carbons (Fsp3) is 0.500. The van der Waals surface area contributed by atoms with Crippen molar-refractivity contribution in [2.24, 2.45) is 0 Å². The second kappa shape index (κ2) is 6.24. The highest BCUT2D eigenvalue weighted by Crippen LogP contribution is 2.36. The van der Waals surface area contributed by atoms with Gasteiger partial charge in [0.25, 0.3) is 0 Å². The Labute approximate surface area is 120 Å². The first-order valence-corrected chi connectivity index (χ1v) is 6.78. The van der Waals surface area contributed by atoms with Crippen molar-refractivity contribution in [1.82, 2.24) is 0 Å². The van der Waals surface area contributed by atoms with Crippen molar-refractivity contribution in [3.63, 3.8) is 0 Å². The molecule has 0 heterocycles.